The third kappa shape index (κ3) is 7.58. The van der Waals surface area contributed by atoms with Crippen molar-refractivity contribution in [3.63, 3.8) is 0 Å². The number of ether oxygens (including phenoxy) is 1. The van der Waals surface area contributed by atoms with Crippen LogP contribution in [0.3, 0.4) is 0 Å². The van der Waals surface area contributed by atoms with Gasteiger partial charge in [-0.25, -0.2) is 0 Å². The Bertz CT molecular complexity index is 438. The van der Waals surface area contributed by atoms with E-state index >= 15 is 0 Å². The van der Waals surface area contributed by atoms with Gasteiger partial charge in [-0.2, -0.15) is 0 Å². The van der Waals surface area contributed by atoms with Crippen molar-refractivity contribution in [2.45, 2.75) is 19.3 Å². The van der Waals surface area contributed by atoms with Crippen LogP contribution in [0.25, 0.3) is 0 Å². The number of unbranched alkanes of at least 4 members (excludes halogenated alkanes) is 1. The summed E-state index contributed by atoms with van der Waals surface area (Å²) in [5.41, 5.74) is 0. The number of hydrogen-bond acceptors (Lipinski definition) is 5. The van der Waals surface area contributed by atoms with Crippen LogP contribution in [-0.2, 0) is 14.1 Å². The molecule has 0 spiro atoms. The maximum Gasteiger partial charge on any atom is 1.00 e. The molecule has 1 unspecified atom stereocenters. The summed E-state index contributed by atoms with van der Waals surface area (Å²) in [6.45, 7) is 0.273. The summed E-state index contributed by atoms with van der Waals surface area (Å²) in [7, 11) is -3.73. The van der Waals surface area contributed by atoms with E-state index in [4.69, 9.17) is 9.84 Å². The number of benzene rings is 1. The number of carbonyl (C=O) groups excluding carboxylic acids is 1. The van der Waals surface area contributed by atoms with E-state index in [-0.39, 0.29) is 60.7 Å². The van der Waals surface area contributed by atoms with Crippen LogP contribution in [0, 0.1) is 0 Å². The fraction of sp³-hybridized carbons (Fsp3) is 0.462. The third-order valence-electron chi connectivity index (χ3n) is 2.58. The summed E-state index contributed by atoms with van der Waals surface area (Å²) in [4.78, 5) is 23.2. The first-order chi connectivity index (χ1) is 9.06. The molecule has 0 radical (unpaired) electrons. The van der Waals surface area contributed by atoms with Crippen LogP contribution in [0.15, 0.2) is 30.3 Å². The van der Waals surface area contributed by atoms with E-state index in [0.717, 1.165) is 0 Å². The van der Waals surface area contributed by atoms with Crippen LogP contribution in [0.2, 0.25) is 0 Å². The summed E-state index contributed by atoms with van der Waals surface area (Å²) < 4.78 is 16.8. The Morgan fingerprint density at radius 1 is 1.25 bits per heavy atom. The van der Waals surface area contributed by atoms with Crippen LogP contribution in [-0.4, -0.2) is 30.5 Å². The SMILES string of the molecule is O=C(CCP(=O)([O-])c1ccccc1)OCCCCO.[Na+]. The van der Waals surface area contributed by atoms with Crippen LogP contribution in [0.5, 0.6) is 0 Å². The van der Waals surface area contributed by atoms with E-state index in [1.54, 1.807) is 18.2 Å². The van der Waals surface area contributed by atoms with Crippen molar-refractivity contribution in [3.8, 4) is 0 Å². The Kier molecular flexibility index (Phi) is 10.5. The van der Waals surface area contributed by atoms with Crippen molar-refractivity contribution in [2.75, 3.05) is 19.4 Å². The maximum atomic E-state index is 11.9. The zero-order valence-corrected chi connectivity index (χ0v) is 14.6. The molecular formula is C13H18NaO5P. The van der Waals surface area contributed by atoms with Crippen molar-refractivity contribution < 1.29 is 53.7 Å². The minimum atomic E-state index is -3.73. The zero-order chi connectivity index (χ0) is 14.1. The number of carbonyl (C=O) groups is 1. The van der Waals surface area contributed by atoms with Gasteiger partial charge >= 0.3 is 35.5 Å². The van der Waals surface area contributed by atoms with Gasteiger partial charge < -0.3 is 19.3 Å². The van der Waals surface area contributed by atoms with Gasteiger partial charge in [-0.1, -0.05) is 30.3 Å². The molecule has 106 valence electrons. The predicted octanol–water partition coefficient (Wildman–Crippen LogP) is -2.34. The van der Waals surface area contributed by atoms with Gasteiger partial charge in [0.25, 0.3) is 0 Å². The smallest absolute Gasteiger partial charge is 0.796 e. The number of esters is 1. The van der Waals surface area contributed by atoms with Gasteiger partial charge in [0.15, 0.2) is 0 Å². The second kappa shape index (κ2) is 10.6. The molecule has 1 aromatic carbocycles. The molecule has 1 aromatic rings. The van der Waals surface area contributed by atoms with E-state index in [2.05, 4.69) is 0 Å². The number of rotatable bonds is 8. The van der Waals surface area contributed by atoms with Crippen molar-refractivity contribution >= 4 is 18.6 Å². The molecule has 0 aliphatic rings. The fourth-order valence-corrected chi connectivity index (χ4v) is 2.86. The summed E-state index contributed by atoms with van der Waals surface area (Å²) in [6.07, 6.45) is 0.776. The predicted molar refractivity (Wildman–Crippen MR) is 70.4 cm³/mol. The minimum Gasteiger partial charge on any atom is -0.796 e. The monoisotopic (exact) mass is 308 g/mol. The molecule has 1 rings (SSSR count). The molecule has 0 aromatic heterocycles. The molecule has 7 heteroatoms. The van der Waals surface area contributed by atoms with Crippen molar-refractivity contribution in [1.82, 2.24) is 0 Å². The molecule has 0 saturated carbocycles. The van der Waals surface area contributed by atoms with Crippen LogP contribution in [0.4, 0.5) is 0 Å². The Hall–Kier alpha value is -0.160. The van der Waals surface area contributed by atoms with E-state index in [1.165, 1.54) is 12.1 Å². The zero-order valence-electron chi connectivity index (χ0n) is 11.7. The third-order valence-corrected chi connectivity index (χ3v) is 4.47. The summed E-state index contributed by atoms with van der Waals surface area (Å²) >= 11 is 0. The summed E-state index contributed by atoms with van der Waals surface area (Å²) in [6, 6.07) is 8.06. The standard InChI is InChI=1S/C13H19O5P.Na/c14-9-4-5-10-18-13(15)8-11-19(16,17)12-6-2-1-3-7-12;/h1-3,6-7,14H,4-5,8-11H2,(H,16,17);/q;+1/p-1. The molecule has 0 bridgehead atoms. The van der Waals surface area contributed by atoms with E-state index in [0.29, 0.717) is 12.8 Å². The second-order valence-corrected chi connectivity index (χ2v) is 6.44. The molecule has 1 atom stereocenters. The normalized spacial score (nSPS) is 13.1. The van der Waals surface area contributed by atoms with Crippen molar-refractivity contribution in [3.05, 3.63) is 30.3 Å². The average Bonchev–Trinajstić information content (AvgIpc) is 2.42. The summed E-state index contributed by atoms with van der Waals surface area (Å²) in [5, 5.41) is 8.79. The quantitative estimate of drug-likeness (QED) is 0.252. The molecule has 0 aliphatic carbocycles. The first-order valence-electron chi connectivity index (χ1n) is 6.18. The van der Waals surface area contributed by atoms with Gasteiger partial charge in [0, 0.05) is 20.1 Å². The Balaban J connectivity index is 0.00000361. The number of hydrogen-bond donors (Lipinski definition) is 1. The van der Waals surface area contributed by atoms with Gasteiger partial charge in [0.05, 0.1) is 13.0 Å². The van der Waals surface area contributed by atoms with Gasteiger partial charge in [0.2, 0.25) is 0 Å². The average molecular weight is 308 g/mol. The Morgan fingerprint density at radius 2 is 1.90 bits per heavy atom. The maximum absolute atomic E-state index is 11.9. The van der Waals surface area contributed by atoms with E-state index in [1.807, 2.05) is 0 Å². The minimum absolute atomic E-state index is 0. The first kappa shape index (κ1) is 19.8. The number of aliphatic hydroxyl groups is 1. The second-order valence-electron chi connectivity index (χ2n) is 4.13. The topological polar surface area (TPSA) is 86.7 Å². The van der Waals surface area contributed by atoms with Crippen LogP contribution >= 0.6 is 7.37 Å². The van der Waals surface area contributed by atoms with Gasteiger partial charge in [-0.15, -0.1) is 0 Å². The van der Waals surface area contributed by atoms with Gasteiger partial charge in [-0.3, -0.25) is 4.79 Å². The molecule has 0 saturated heterocycles. The molecule has 0 heterocycles. The largest absolute Gasteiger partial charge is 1.00 e. The van der Waals surface area contributed by atoms with E-state index in [9.17, 15) is 14.3 Å². The molecule has 0 amide bonds. The van der Waals surface area contributed by atoms with E-state index < -0.39 is 13.3 Å². The first-order valence-corrected chi connectivity index (χ1v) is 7.99. The van der Waals surface area contributed by atoms with Crippen molar-refractivity contribution in [1.29, 1.82) is 0 Å². The molecular weight excluding hydrogens is 290 g/mol. The molecule has 0 fully saturated rings. The van der Waals surface area contributed by atoms with Crippen LogP contribution in [0.1, 0.15) is 19.3 Å². The molecule has 0 aliphatic heterocycles. The van der Waals surface area contributed by atoms with Crippen LogP contribution < -0.4 is 39.8 Å². The molecule has 20 heavy (non-hydrogen) atoms. The molecule has 1 N–H and O–H groups in total. The summed E-state index contributed by atoms with van der Waals surface area (Å²) in [5.74, 6) is -0.523. The number of aliphatic hydroxyl groups excluding tert-OH is 1. The molecule has 5 nitrogen and oxygen atoms in total. The van der Waals surface area contributed by atoms with Gasteiger partial charge in [-0.05, 0) is 18.1 Å². The Labute approximate surface area is 141 Å². The Morgan fingerprint density at radius 3 is 2.50 bits per heavy atom. The van der Waals surface area contributed by atoms with Gasteiger partial charge in [0.1, 0.15) is 0 Å². The fourth-order valence-electron chi connectivity index (χ4n) is 1.49. The van der Waals surface area contributed by atoms with Crippen molar-refractivity contribution in [2.24, 2.45) is 0 Å².